The summed E-state index contributed by atoms with van der Waals surface area (Å²) < 4.78 is 34.3. The predicted molar refractivity (Wildman–Crippen MR) is 40.5 cm³/mol. The molecule has 0 atom stereocenters. The molecule has 1 aliphatic heterocycles. The van der Waals surface area contributed by atoms with Crippen LogP contribution in [0.5, 0.6) is 0 Å². The largest absolute Gasteiger partial charge is 0.474 e. The minimum absolute atomic E-state index is 0.143. The molecule has 1 rings (SSSR count). The normalized spacial score (nSPS) is 16.1. The van der Waals surface area contributed by atoms with E-state index >= 15 is 0 Å². The van der Waals surface area contributed by atoms with Crippen molar-refractivity contribution in [3.63, 3.8) is 0 Å². The lowest BCUT2D eigenvalue weighted by Gasteiger charge is -2.14. The highest BCUT2D eigenvalue weighted by Crippen LogP contribution is 2.04. The molecule has 0 aromatic heterocycles. The third kappa shape index (κ3) is 3.24. The highest BCUT2D eigenvalue weighted by atomic mass is 19.2. The second kappa shape index (κ2) is 4.61. The minimum Gasteiger partial charge on any atom is -0.474 e. The van der Waals surface area contributed by atoms with Gasteiger partial charge in [0, 0.05) is 7.11 Å². The molecule has 74 valence electrons. The van der Waals surface area contributed by atoms with E-state index in [4.69, 9.17) is 4.74 Å². The zero-order chi connectivity index (χ0) is 9.68. The lowest BCUT2D eigenvalue weighted by Crippen LogP contribution is -2.30. The zero-order valence-electron chi connectivity index (χ0n) is 6.96. The number of hydrazine groups is 1. The minimum atomic E-state index is -0.870. The fourth-order valence-corrected chi connectivity index (χ4v) is 0.669. The van der Waals surface area contributed by atoms with Gasteiger partial charge in [0.05, 0.1) is 12.7 Å². The van der Waals surface area contributed by atoms with Crippen molar-refractivity contribution in [1.29, 1.82) is 0 Å². The van der Waals surface area contributed by atoms with Gasteiger partial charge in [-0.1, -0.05) is 9.58 Å². The maximum atomic E-state index is 12.5. The van der Waals surface area contributed by atoms with E-state index in [-0.39, 0.29) is 17.8 Å². The molecule has 1 heterocycles. The fourth-order valence-electron chi connectivity index (χ4n) is 0.669. The van der Waals surface area contributed by atoms with Crippen LogP contribution in [-0.4, -0.2) is 31.6 Å². The molecule has 0 bridgehead atoms. The van der Waals surface area contributed by atoms with Crippen LogP contribution >= 0.6 is 0 Å². The molecule has 0 unspecified atom stereocenters. The van der Waals surface area contributed by atoms with Crippen LogP contribution in [0.25, 0.3) is 0 Å². The maximum Gasteiger partial charge on any atom is 0.240 e. The van der Waals surface area contributed by atoms with Crippen molar-refractivity contribution in [2.24, 2.45) is 5.10 Å². The van der Waals surface area contributed by atoms with Crippen LogP contribution in [-0.2, 0) is 9.47 Å². The number of hydrogen-bond donors (Lipinski definition) is 1. The Kier molecular flexibility index (Phi) is 3.44. The van der Waals surface area contributed by atoms with Gasteiger partial charge in [0.15, 0.2) is 0 Å². The Labute approximate surface area is 73.5 Å². The molecular weight excluding hydrogens is 184 g/mol. The number of nitrogens with zero attached hydrogens (tertiary/aromatic N) is 2. The van der Waals surface area contributed by atoms with E-state index in [0.717, 1.165) is 6.08 Å². The average molecular weight is 193 g/mol. The molecule has 0 saturated heterocycles. The molecule has 0 radical (unpaired) electrons. The van der Waals surface area contributed by atoms with Gasteiger partial charge in [0.25, 0.3) is 0 Å². The van der Waals surface area contributed by atoms with Crippen molar-refractivity contribution in [3.8, 4) is 0 Å². The van der Waals surface area contributed by atoms with E-state index in [1.54, 1.807) is 5.43 Å². The molecule has 5 nitrogen and oxygen atoms in total. The zero-order valence-corrected chi connectivity index (χ0v) is 6.96. The molecule has 7 heteroatoms. The van der Waals surface area contributed by atoms with Crippen molar-refractivity contribution < 1.29 is 18.3 Å². The molecule has 1 N–H and O–H groups in total. The van der Waals surface area contributed by atoms with Crippen molar-refractivity contribution in [2.75, 3.05) is 20.3 Å². The Morgan fingerprint density at radius 2 is 2.38 bits per heavy atom. The number of methoxy groups -OCH3 is 1. The summed E-state index contributed by atoms with van der Waals surface area (Å²) in [4.78, 5) is 0. The Morgan fingerprint density at radius 1 is 1.62 bits per heavy atom. The van der Waals surface area contributed by atoms with Crippen LogP contribution in [0.1, 0.15) is 0 Å². The first-order valence-electron chi connectivity index (χ1n) is 3.52. The summed E-state index contributed by atoms with van der Waals surface area (Å²) in [6.07, 6.45) is 0.936. The summed E-state index contributed by atoms with van der Waals surface area (Å²) in [5.74, 6) is -1.01. The van der Waals surface area contributed by atoms with Gasteiger partial charge in [-0.05, 0) is 5.34 Å². The third-order valence-electron chi connectivity index (χ3n) is 1.17. The standard InChI is InChI=1S/C6H9F2N3O2/c1-12-2-3-13-6-4-5(7)9-11(8)10-6/h4,9H,2-3H2,1H3. The van der Waals surface area contributed by atoms with E-state index in [2.05, 4.69) is 9.84 Å². The molecule has 0 aromatic rings. The highest BCUT2D eigenvalue weighted by molar-refractivity contribution is 5.88. The average Bonchev–Trinajstić information content (AvgIpc) is 2.03. The van der Waals surface area contributed by atoms with Gasteiger partial charge in [-0.15, -0.1) is 0 Å². The summed E-state index contributed by atoms with van der Waals surface area (Å²) in [6, 6.07) is 0. The van der Waals surface area contributed by atoms with E-state index in [1.807, 2.05) is 0 Å². The van der Waals surface area contributed by atoms with Gasteiger partial charge in [-0.2, -0.15) is 4.39 Å². The Hall–Kier alpha value is -1.37. The van der Waals surface area contributed by atoms with Gasteiger partial charge >= 0.3 is 0 Å². The Bertz CT molecular complexity index is 232. The van der Waals surface area contributed by atoms with Gasteiger partial charge in [-0.3, -0.25) is 0 Å². The van der Waals surface area contributed by atoms with Crippen LogP contribution < -0.4 is 5.43 Å². The summed E-state index contributed by atoms with van der Waals surface area (Å²) in [6.45, 7) is 0.515. The van der Waals surface area contributed by atoms with E-state index < -0.39 is 5.95 Å². The van der Waals surface area contributed by atoms with Crippen molar-refractivity contribution in [2.45, 2.75) is 0 Å². The van der Waals surface area contributed by atoms with Gasteiger partial charge in [0.2, 0.25) is 11.8 Å². The maximum absolute atomic E-state index is 12.5. The molecule has 0 saturated carbocycles. The number of rotatable bonds is 3. The molecule has 0 aliphatic carbocycles. The third-order valence-corrected chi connectivity index (χ3v) is 1.17. The van der Waals surface area contributed by atoms with Crippen molar-refractivity contribution in [1.82, 2.24) is 10.8 Å². The first-order chi connectivity index (χ1) is 6.22. The number of ether oxygens (including phenoxy) is 2. The van der Waals surface area contributed by atoms with Crippen LogP contribution in [0.3, 0.4) is 0 Å². The van der Waals surface area contributed by atoms with Crippen molar-refractivity contribution >= 4 is 5.90 Å². The molecule has 13 heavy (non-hydrogen) atoms. The molecular formula is C6H9F2N3O2. The lowest BCUT2D eigenvalue weighted by atomic mass is 10.5. The topological polar surface area (TPSA) is 46.1 Å². The van der Waals surface area contributed by atoms with Gasteiger partial charge in [-0.25, -0.2) is 5.43 Å². The monoisotopic (exact) mass is 193 g/mol. The van der Waals surface area contributed by atoms with Crippen LogP contribution in [0.15, 0.2) is 17.1 Å². The first kappa shape index (κ1) is 9.72. The van der Waals surface area contributed by atoms with E-state index in [1.165, 1.54) is 7.11 Å². The SMILES string of the molecule is COCCOC1=NN(F)NC(F)=C1. The highest BCUT2D eigenvalue weighted by Gasteiger charge is 2.12. The Morgan fingerprint density at radius 3 is 3.00 bits per heavy atom. The number of hydrogen-bond acceptors (Lipinski definition) is 5. The number of hydrazone groups is 1. The van der Waals surface area contributed by atoms with Gasteiger partial charge < -0.3 is 9.47 Å². The smallest absolute Gasteiger partial charge is 0.240 e. The van der Waals surface area contributed by atoms with Crippen LogP contribution in [0.4, 0.5) is 8.87 Å². The quantitative estimate of drug-likeness (QED) is 0.402. The second-order valence-electron chi connectivity index (χ2n) is 2.14. The van der Waals surface area contributed by atoms with Crippen LogP contribution in [0, 0.1) is 0 Å². The molecule has 0 fully saturated rings. The fraction of sp³-hybridized carbons (Fsp3) is 0.500. The first-order valence-corrected chi connectivity index (χ1v) is 3.52. The van der Waals surface area contributed by atoms with E-state index in [9.17, 15) is 8.87 Å². The van der Waals surface area contributed by atoms with E-state index in [0.29, 0.717) is 6.61 Å². The van der Waals surface area contributed by atoms with Crippen molar-refractivity contribution in [3.05, 3.63) is 12.0 Å². The molecule has 0 aromatic carbocycles. The molecule has 0 amide bonds. The summed E-state index contributed by atoms with van der Waals surface area (Å²) in [5, 5.41) is 2.92. The number of nitrogens with one attached hydrogen (secondary N) is 1. The lowest BCUT2D eigenvalue weighted by molar-refractivity contribution is -0.0318. The second-order valence-corrected chi connectivity index (χ2v) is 2.14. The predicted octanol–water partition coefficient (Wildman–Crippen LogP) is 0.479. The molecule has 0 spiro atoms. The Balaban J connectivity index is 2.40. The summed E-state index contributed by atoms with van der Waals surface area (Å²) >= 11 is 0. The van der Waals surface area contributed by atoms with Gasteiger partial charge in [0.1, 0.15) is 6.61 Å². The summed E-state index contributed by atoms with van der Waals surface area (Å²) in [7, 11) is 1.49. The summed E-state index contributed by atoms with van der Waals surface area (Å²) in [5.41, 5.74) is 1.66. The van der Waals surface area contributed by atoms with Crippen LogP contribution in [0.2, 0.25) is 0 Å². The molecule has 1 aliphatic rings. The number of halogens is 2.